The minimum absolute atomic E-state index is 0.0448. The summed E-state index contributed by atoms with van der Waals surface area (Å²) in [6.07, 6.45) is 1.85. The van der Waals surface area contributed by atoms with Crippen LogP contribution in [-0.2, 0) is 27.3 Å². The van der Waals surface area contributed by atoms with Crippen molar-refractivity contribution in [2.24, 2.45) is 0 Å². The van der Waals surface area contributed by atoms with E-state index in [2.05, 4.69) is 4.90 Å². The van der Waals surface area contributed by atoms with E-state index in [1.165, 1.54) is 4.57 Å². The molecule has 39 heavy (non-hydrogen) atoms. The van der Waals surface area contributed by atoms with E-state index in [0.29, 0.717) is 31.1 Å². The summed E-state index contributed by atoms with van der Waals surface area (Å²) >= 11 is 0. The summed E-state index contributed by atoms with van der Waals surface area (Å²) in [7, 11) is 0. The molecular formula is C28H38N4O7. The number of carbonyl (C=O) groups excluding carboxylic acids is 2. The molecule has 0 N–H and O–H groups in total. The van der Waals surface area contributed by atoms with E-state index < -0.39 is 17.7 Å². The molecule has 0 bridgehead atoms. The van der Waals surface area contributed by atoms with E-state index in [1.54, 1.807) is 40.7 Å². The Hall–Kier alpha value is -3.31. The van der Waals surface area contributed by atoms with Crippen molar-refractivity contribution in [1.82, 2.24) is 18.9 Å². The first-order chi connectivity index (χ1) is 18.6. The Labute approximate surface area is 228 Å². The number of ether oxygens (including phenoxy) is 4. The van der Waals surface area contributed by atoms with Gasteiger partial charge < -0.3 is 18.9 Å². The maximum absolute atomic E-state index is 13.9. The molecule has 11 heteroatoms. The van der Waals surface area contributed by atoms with E-state index in [4.69, 9.17) is 18.9 Å². The Morgan fingerprint density at radius 1 is 1.08 bits per heavy atom. The zero-order valence-corrected chi connectivity index (χ0v) is 23.2. The fourth-order valence-corrected chi connectivity index (χ4v) is 5.01. The van der Waals surface area contributed by atoms with Crippen LogP contribution in [-0.4, -0.2) is 88.2 Å². The molecule has 1 saturated carbocycles. The number of aromatic nitrogens is 2. The number of esters is 1. The average molecular weight is 543 g/mol. The van der Waals surface area contributed by atoms with Gasteiger partial charge in [0.1, 0.15) is 11.4 Å². The summed E-state index contributed by atoms with van der Waals surface area (Å²) in [6.45, 7) is 10.9. The Balaban J connectivity index is 1.54. The van der Waals surface area contributed by atoms with Gasteiger partial charge in [-0.15, -0.1) is 0 Å². The monoisotopic (exact) mass is 542 g/mol. The highest BCUT2D eigenvalue weighted by Gasteiger charge is 2.39. The topological polar surface area (TPSA) is 104 Å². The SMILES string of the molecule is CCOC(=O)c1c2n(c(=O)n1-c1ccc(OC3CC3)cc1)CC(CN1CCOCC1)N(C(=O)OC(C)(C)C)C2. The molecule has 11 nitrogen and oxygen atoms in total. The van der Waals surface area contributed by atoms with Crippen LogP contribution in [0, 0.1) is 0 Å². The molecule has 5 rings (SSSR count). The summed E-state index contributed by atoms with van der Waals surface area (Å²) in [5, 5.41) is 0. The van der Waals surface area contributed by atoms with Gasteiger partial charge in [0.15, 0.2) is 5.69 Å². The number of hydrogen-bond donors (Lipinski definition) is 0. The number of hydrogen-bond acceptors (Lipinski definition) is 8. The fraction of sp³-hybridized carbons (Fsp3) is 0.607. The number of rotatable bonds is 7. The van der Waals surface area contributed by atoms with Crippen molar-refractivity contribution in [3.63, 3.8) is 0 Å². The molecule has 1 aromatic carbocycles. The number of nitrogens with zero attached hydrogens (tertiary/aromatic N) is 4. The van der Waals surface area contributed by atoms with Crippen LogP contribution in [0.25, 0.3) is 5.69 Å². The molecule has 1 aliphatic carbocycles. The van der Waals surface area contributed by atoms with E-state index in [9.17, 15) is 14.4 Å². The van der Waals surface area contributed by atoms with Gasteiger partial charge in [0.2, 0.25) is 0 Å². The zero-order valence-electron chi connectivity index (χ0n) is 23.2. The molecule has 2 aromatic rings. The average Bonchev–Trinajstić information content (AvgIpc) is 3.66. The number of amides is 1. The normalized spacial score (nSPS) is 19.9. The highest BCUT2D eigenvalue weighted by atomic mass is 16.6. The predicted octanol–water partition coefficient (Wildman–Crippen LogP) is 2.81. The van der Waals surface area contributed by atoms with E-state index in [1.807, 2.05) is 20.8 Å². The van der Waals surface area contributed by atoms with Crippen molar-refractivity contribution in [1.29, 1.82) is 0 Å². The molecular weight excluding hydrogens is 504 g/mol. The summed E-state index contributed by atoms with van der Waals surface area (Å²) in [6, 6.07) is 6.82. The van der Waals surface area contributed by atoms with Gasteiger partial charge in [0.05, 0.1) is 49.9 Å². The fourth-order valence-electron chi connectivity index (χ4n) is 5.01. The Kier molecular flexibility index (Phi) is 7.73. The van der Waals surface area contributed by atoms with Crippen LogP contribution < -0.4 is 10.4 Å². The van der Waals surface area contributed by atoms with Crippen molar-refractivity contribution < 1.29 is 28.5 Å². The quantitative estimate of drug-likeness (QED) is 0.492. The second-order valence-electron chi connectivity index (χ2n) is 11.2. The lowest BCUT2D eigenvalue weighted by molar-refractivity contribution is -0.00961. The van der Waals surface area contributed by atoms with Crippen LogP contribution in [0.3, 0.4) is 0 Å². The van der Waals surface area contributed by atoms with Crippen LogP contribution >= 0.6 is 0 Å². The van der Waals surface area contributed by atoms with E-state index in [0.717, 1.165) is 31.7 Å². The van der Waals surface area contributed by atoms with Gasteiger partial charge in [0, 0.05) is 26.2 Å². The van der Waals surface area contributed by atoms with Gasteiger partial charge in [-0.3, -0.25) is 18.9 Å². The molecule has 1 amide bonds. The molecule has 1 aromatic heterocycles. The third-order valence-electron chi connectivity index (χ3n) is 6.99. The van der Waals surface area contributed by atoms with Crippen molar-refractivity contribution in [3.05, 3.63) is 46.1 Å². The molecule has 0 spiro atoms. The number of fused-ring (bicyclic) bond motifs is 1. The third kappa shape index (κ3) is 6.14. The molecule has 3 aliphatic rings. The van der Waals surface area contributed by atoms with Crippen molar-refractivity contribution in [2.45, 2.75) is 71.4 Å². The zero-order chi connectivity index (χ0) is 27.7. The van der Waals surface area contributed by atoms with Gasteiger partial charge in [0.25, 0.3) is 0 Å². The first kappa shape index (κ1) is 27.3. The van der Waals surface area contributed by atoms with E-state index >= 15 is 0 Å². The van der Waals surface area contributed by atoms with Crippen molar-refractivity contribution in [3.8, 4) is 11.4 Å². The van der Waals surface area contributed by atoms with Crippen molar-refractivity contribution in [2.75, 3.05) is 39.5 Å². The molecule has 2 aliphatic heterocycles. The van der Waals surface area contributed by atoms with Gasteiger partial charge >= 0.3 is 17.8 Å². The lowest BCUT2D eigenvalue weighted by Crippen LogP contribution is -2.55. The smallest absolute Gasteiger partial charge is 0.411 e. The summed E-state index contributed by atoms with van der Waals surface area (Å²) < 4.78 is 25.5. The Morgan fingerprint density at radius 3 is 2.38 bits per heavy atom. The number of benzene rings is 1. The third-order valence-corrected chi connectivity index (χ3v) is 6.99. The molecule has 2 fully saturated rings. The van der Waals surface area contributed by atoms with Crippen LogP contribution in [0.1, 0.15) is 56.7 Å². The largest absolute Gasteiger partial charge is 0.490 e. The lowest BCUT2D eigenvalue weighted by Gasteiger charge is -2.40. The molecule has 1 atom stereocenters. The van der Waals surface area contributed by atoms with Crippen LogP contribution in [0.15, 0.2) is 29.1 Å². The highest BCUT2D eigenvalue weighted by molar-refractivity contribution is 5.90. The molecule has 212 valence electrons. The van der Waals surface area contributed by atoms with Crippen LogP contribution in [0.4, 0.5) is 4.79 Å². The molecule has 1 unspecified atom stereocenters. The Morgan fingerprint density at radius 2 is 1.77 bits per heavy atom. The van der Waals surface area contributed by atoms with Gasteiger partial charge in [-0.25, -0.2) is 14.4 Å². The number of carbonyl (C=O) groups is 2. The van der Waals surface area contributed by atoms with Crippen LogP contribution in [0.5, 0.6) is 5.75 Å². The molecule has 3 heterocycles. The predicted molar refractivity (Wildman–Crippen MR) is 142 cm³/mol. The lowest BCUT2D eigenvalue weighted by atomic mass is 10.1. The Bertz CT molecular complexity index is 1250. The standard InChI is InChI=1S/C28H38N4O7/c1-5-37-25(33)24-23-18-30(27(35)39-28(2,3)4)20(16-29-12-14-36-15-13-29)17-31(23)26(34)32(24)19-6-8-21(9-7-19)38-22-10-11-22/h6-9,20,22H,5,10-18H2,1-4H3. The van der Waals surface area contributed by atoms with Gasteiger partial charge in [-0.05, 0) is 64.8 Å². The molecule has 0 radical (unpaired) electrons. The van der Waals surface area contributed by atoms with Crippen LogP contribution in [0.2, 0.25) is 0 Å². The summed E-state index contributed by atoms with van der Waals surface area (Å²) in [4.78, 5) is 44.4. The molecule has 1 saturated heterocycles. The van der Waals surface area contributed by atoms with Gasteiger partial charge in [-0.1, -0.05) is 0 Å². The summed E-state index contributed by atoms with van der Waals surface area (Å²) in [5.41, 5.74) is 0.0380. The number of imidazole rings is 1. The minimum atomic E-state index is -0.697. The van der Waals surface area contributed by atoms with Gasteiger partial charge in [-0.2, -0.15) is 0 Å². The second-order valence-corrected chi connectivity index (χ2v) is 11.2. The minimum Gasteiger partial charge on any atom is -0.490 e. The van der Waals surface area contributed by atoms with Crippen molar-refractivity contribution >= 4 is 12.1 Å². The van der Waals surface area contributed by atoms with E-state index in [-0.39, 0.29) is 43.2 Å². The first-order valence-electron chi connectivity index (χ1n) is 13.7. The second kappa shape index (κ2) is 11.1. The maximum Gasteiger partial charge on any atom is 0.411 e. The maximum atomic E-state index is 13.9. The number of morpholine rings is 1. The first-order valence-corrected chi connectivity index (χ1v) is 13.7. The summed E-state index contributed by atoms with van der Waals surface area (Å²) in [5.74, 6) is 0.107. The highest BCUT2D eigenvalue weighted by Crippen LogP contribution is 2.29.